The van der Waals surface area contributed by atoms with Gasteiger partial charge in [-0.15, -0.1) is 11.8 Å². The molecule has 5 nitrogen and oxygen atoms in total. The van der Waals surface area contributed by atoms with E-state index in [2.05, 4.69) is 65.6 Å². The van der Waals surface area contributed by atoms with Crippen molar-refractivity contribution in [3.63, 3.8) is 0 Å². The average molecular weight is 607 g/mol. The summed E-state index contributed by atoms with van der Waals surface area (Å²) in [4.78, 5) is 22.5. The molecule has 43 heavy (non-hydrogen) atoms. The van der Waals surface area contributed by atoms with Crippen molar-refractivity contribution in [3.8, 4) is 5.75 Å². The van der Waals surface area contributed by atoms with E-state index in [1.807, 2.05) is 23.9 Å². The first-order valence-corrected chi connectivity index (χ1v) is 18.0. The average Bonchev–Trinajstić information content (AvgIpc) is 3.60. The molecule has 0 aromatic heterocycles. The van der Waals surface area contributed by atoms with Crippen LogP contribution in [0.5, 0.6) is 5.75 Å². The minimum absolute atomic E-state index is 0.0310. The number of nitrogens with zero attached hydrogens (tertiary/aromatic N) is 2. The van der Waals surface area contributed by atoms with E-state index < -0.39 is 0 Å². The summed E-state index contributed by atoms with van der Waals surface area (Å²) in [5, 5.41) is 13.2. The smallest absolute Gasteiger partial charge is 0.140 e. The van der Waals surface area contributed by atoms with E-state index in [1.165, 1.54) is 23.4 Å². The van der Waals surface area contributed by atoms with Crippen LogP contribution in [0.1, 0.15) is 92.1 Å². The van der Waals surface area contributed by atoms with Crippen molar-refractivity contribution in [1.29, 1.82) is 0 Å². The molecule has 1 N–H and O–H groups in total. The molecular weight excluding hydrogens is 552 g/mol. The number of aliphatic hydroxyl groups is 1. The number of hydrogen-bond donors (Lipinski definition) is 1. The highest BCUT2D eigenvalue weighted by Gasteiger charge is 2.86. The van der Waals surface area contributed by atoms with Crippen molar-refractivity contribution in [2.45, 2.75) is 111 Å². The number of Topliss-reactive ketones (excluding diaryl/α,β-unsaturated/α-hetero) is 1. The molecular formula is C37H54N2O3S. The molecule has 7 rings (SSSR count). The maximum atomic E-state index is 14.8. The van der Waals surface area contributed by atoms with Crippen LogP contribution >= 0.6 is 11.8 Å². The van der Waals surface area contributed by atoms with Gasteiger partial charge in [0.25, 0.3) is 0 Å². The number of methoxy groups -OCH3 is 1. The van der Waals surface area contributed by atoms with Gasteiger partial charge in [0.15, 0.2) is 0 Å². The second-order valence-electron chi connectivity index (χ2n) is 16.7. The predicted molar refractivity (Wildman–Crippen MR) is 175 cm³/mol. The van der Waals surface area contributed by atoms with E-state index in [-0.39, 0.29) is 45.1 Å². The van der Waals surface area contributed by atoms with Gasteiger partial charge in [0.05, 0.1) is 24.3 Å². The Morgan fingerprint density at radius 3 is 2.44 bits per heavy atom. The molecule has 1 aromatic carbocycles. The van der Waals surface area contributed by atoms with Crippen LogP contribution in [0.2, 0.25) is 0 Å². The molecule has 1 aromatic rings. The second kappa shape index (κ2) is 9.82. The summed E-state index contributed by atoms with van der Waals surface area (Å²) in [6.07, 6.45) is 6.82. The zero-order valence-electron chi connectivity index (χ0n) is 27.8. The first-order valence-electron chi connectivity index (χ1n) is 17.0. The Kier molecular flexibility index (Phi) is 6.91. The highest BCUT2D eigenvalue weighted by Crippen LogP contribution is 2.88. The maximum absolute atomic E-state index is 14.8. The summed E-state index contributed by atoms with van der Waals surface area (Å²) >= 11 is 2.00. The van der Waals surface area contributed by atoms with Crippen molar-refractivity contribution < 1.29 is 14.6 Å². The number of ether oxygens (including phenoxy) is 1. The van der Waals surface area contributed by atoms with Gasteiger partial charge in [0.1, 0.15) is 11.5 Å². The Morgan fingerprint density at radius 1 is 1.07 bits per heavy atom. The zero-order chi connectivity index (χ0) is 30.7. The number of ketones is 1. The van der Waals surface area contributed by atoms with Gasteiger partial charge in [-0.3, -0.25) is 14.7 Å². The Morgan fingerprint density at radius 2 is 1.77 bits per heavy atom. The van der Waals surface area contributed by atoms with Gasteiger partial charge in [0.2, 0.25) is 0 Å². The van der Waals surface area contributed by atoms with Crippen molar-refractivity contribution in [3.05, 3.63) is 29.8 Å². The van der Waals surface area contributed by atoms with Gasteiger partial charge in [-0.1, -0.05) is 46.8 Å². The van der Waals surface area contributed by atoms with Gasteiger partial charge in [-0.2, -0.15) is 0 Å². The lowest BCUT2D eigenvalue weighted by Crippen LogP contribution is -2.62. The summed E-state index contributed by atoms with van der Waals surface area (Å²) in [6, 6.07) is 8.88. The van der Waals surface area contributed by atoms with Gasteiger partial charge in [-0.25, -0.2) is 0 Å². The van der Waals surface area contributed by atoms with Gasteiger partial charge < -0.3 is 9.84 Å². The monoisotopic (exact) mass is 606 g/mol. The molecule has 0 saturated heterocycles. The van der Waals surface area contributed by atoms with E-state index in [9.17, 15) is 9.90 Å². The third kappa shape index (κ3) is 3.84. The van der Waals surface area contributed by atoms with Crippen LogP contribution in [0.3, 0.4) is 0 Å². The maximum Gasteiger partial charge on any atom is 0.140 e. The summed E-state index contributed by atoms with van der Waals surface area (Å²) < 4.78 is 5.36. The third-order valence-corrected chi connectivity index (χ3v) is 16.4. The summed E-state index contributed by atoms with van der Waals surface area (Å²) in [5.41, 5.74) is 1.18. The fourth-order valence-electron chi connectivity index (χ4n) is 12.4. The van der Waals surface area contributed by atoms with Crippen LogP contribution in [0.25, 0.3) is 0 Å². The fraction of sp³-hybridized carbons (Fsp3) is 0.784. The number of fused-ring (bicyclic) bond motifs is 4. The molecule has 6 aliphatic rings. The van der Waals surface area contributed by atoms with Crippen LogP contribution in [-0.2, 0) is 11.3 Å². The molecule has 1 aliphatic heterocycles. The number of benzene rings is 1. The number of carbonyl (C=O) groups is 1. The van der Waals surface area contributed by atoms with Crippen molar-refractivity contribution in [2.75, 3.05) is 19.9 Å². The normalized spacial score (nSPS) is 47.2. The first-order chi connectivity index (χ1) is 20.3. The molecule has 0 amide bonds. The molecule has 236 valence electrons. The van der Waals surface area contributed by atoms with Crippen molar-refractivity contribution in [1.82, 2.24) is 4.90 Å². The number of hydrogen-bond acceptors (Lipinski definition) is 6. The van der Waals surface area contributed by atoms with Crippen LogP contribution in [0.15, 0.2) is 29.3 Å². The molecule has 5 aliphatic carbocycles. The second-order valence-corrected chi connectivity index (χ2v) is 17.7. The summed E-state index contributed by atoms with van der Waals surface area (Å²) in [7, 11) is 3.88. The SMILES string of the molecule is COc1ccc(CN(C)[C@@H](C)[C@H]2[C@H](O)C[C@@]3(C)[C@@H]4CC[C@H]5[C@]6(C)CSC(C(C)C)=N[C@H]6CC[C@@]56C[C@]46C(=O)C[C@]23C)cc1. The Bertz CT molecular complexity index is 1330. The topological polar surface area (TPSA) is 62.1 Å². The zero-order valence-corrected chi connectivity index (χ0v) is 28.6. The molecule has 0 bridgehead atoms. The quantitative estimate of drug-likeness (QED) is 0.370. The Hall–Kier alpha value is -1.37. The lowest BCUT2D eigenvalue weighted by atomic mass is 9.41. The number of rotatable bonds is 6. The lowest BCUT2D eigenvalue weighted by molar-refractivity contribution is -0.169. The Labute approximate surface area is 264 Å². The van der Waals surface area contributed by atoms with E-state index in [0.29, 0.717) is 36.0 Å². The summed E-state index contributed by atoms with van der Waals surface area (Å²) in [5.74, 6) is 4.12. The summed E-state index contributed by atoms with van der Waals surface area (Å²) in [6.45, 7) is 15.0. The van der Waals surface area contributed by atoms with E-state index >= 15 is 0 Å². The highest BCUT2D eigenvalue weighted by atomic mass is 32.2. The molecule has 0 unspecified atom stereocenters. The van der Waals surface area contributed by atoms with E-state index in [1.54, 1.807) is 7.11 Å². The predicted octanol–water partition coefficient (Wildman–Crippen LogP) is 7.25. The van der Waals surface area contributed by atoms with Crippen LogP contribution < -0.4 is 4.74 Å². The largest absolute Gasteiger partial charge is 0.497 e. The minimum Gasteiger partial charge on any atom is -0.497 e. The minimum atomic E-state index is -0.384. The van der Waals surface area contributed by atoms with Gasteiger partial charge in [-0.05, 0) is 98.3 Å². The third-order valence-electron chi connectivity index (χ3n) is 14.8. The van der Waals surface area contributed by atoms with Crippen LogP contribution in [0.4, 0.5) is 0 Å². The van der Waals surface area contributed by atoms with E-state index in [4.69, 9.17) is 9.73 Å². The van der Waals surface area contributed by atoms with Crippen molar-refractivity contribution in [2.24, 2.45) is 55.7 Å². The first kappa shape index (κ1) is 30.3. The molecule has 5 saturated carbocycles. The number of aliphatic hydroxyl groups excluding tert-OH is 1. The number of carbonyl (C=O) groups excluding carboxylic acids is 1. The van der Waals surface area contributed by atoms with Crippen LogP contribution in [-0.4, -0.2) is 58.9 Å². The standard InChI is InChI=1S/C37H54N2O3S/c1-22(2)32-38-29-15-16-36-20-37(36)28(14-13-27(36)33(29,4)21-43-32)34(5)17-26(40)31(35(34,6)18-30(37)41)23(3)39(7)19-24-9-11-25(42-8)12-10-24/h9-12,22-23,26-29,31,40H,13-21H2,1-8H3/t23-,26+,27-,28-,29-,31-,33-,34-,35+,36+,37+/m0/s1. The highest BCUT2D eigenvalue weighted by molar-refractivity contribution is 8.14. The molecule has 0 radical (unpaired) electrons. The number of thioether (sulfide) groups is 1. The molecule has 1 heterocycles. The Balaban J connectivity index is 1.17. The van der Waals surface area contributed by atoms with Crippen LogP contribution in [0, 0.1) is 50.7 Å². The van der Waals surface area contributed by atoms with Gasteiger partial charge >= 0.3 is 0 Å². The number of aliphatic imine (C=N–C) groups is 1. The van der Waals surface area contributed by atoms with Crippen molar-refractivity contribution >= 4 is 22.6 Å². The lowest BCUT2D eigenvalue weighted by Gasteiger charge is -2.63. The molecule has 11 atom stereocenters. The molecule has 2 spiro atoms. The molecule has 6 heteroatoms. The van der Waals surface area contributed by atoms with Gasteiger partial charge in [0, 0.05) is 47.4 Å². The van der Waals surface area contributed by atoms with E-state index in [0.717, 1.165) is 43.7 Å². The fourth-order valence-corrected chi connectivity index (χ4v) is 13.8. The molecule has 5 fully saturated rings.